The molecule has 2 aliphatic heterocycles. The molecular formula is C16H32N4O. The van der Waals surface area contributed by atoms with Crippen LogP contribution in [0.4, 0.5) is 0 Å². The predicted molar refractivity (Wildman–Crippen MR) is 86.1 cm³/mol. The second-order valence-corrected chi connectivity index (χ2v) is 6.63. The summed E-state index contributed by atoms with van der Waals surface area (Å²) >= 11 is 0. The van der Waals surface area contributed by atoms with Gasteiger partial charge < -0.3 is 20.4 Å². The van der Waals surface area contributed by atoms with Crippen LogP contribution in [0.1, 0.15) is 33.1 Å². The first-order chi connectivity index (χ1) is 10.1. The van der Waals surface area contributed by atoms with Gasteiger partial charge in [-0.1, -0.05) is 6.92 Å². The minimum atomic E-state index is 0.197. The standard InChI is InChI=1S/C16H32N4O/c1-3-18-9-11-19(12-10-18)8-6-16(21)20-7-4-5-15(13-20)14(2)17/h14-15H,3-13,17H2,1-2H3. The second-order valence-electron chi connectivity index (χ2n) is 6.63. The molecule has 0 spiro atoms. The maximum Gasteiger partial charge on any atom is 0.223 e. The van der Waals surface area contributed by atoms with Crippen molar-refractivity contribution in [1.29, 1.82) is 0 Å². The van der Waals surface area contributed by atoms with Gasteiger partial charge in [-0.25, -0.2) is 0 Å². The molecule has 2 atom stereocenters. The van der Waals surface area contributed by atoms with E-state index in [0.717, 1.165) is 58.8 Å². The van der Waals surface area contributed by atoms with Crippen molar-refractivity contribution in [3.8, 4) is 0 Å². The van der Waals surface area contributed by atoms with Gasteiger partial charge in [-0.2, -0.15) is 0 Å². The van der Waals surface area contributed by atoms with Gasteiger partial charge in [0.1, 0.15) is 0 Å². The summed E-state index contributed by atoms with van der Waals surface area (Å²) in [7, 11) is 0. The Balaban J connectivity index is 1.69. The summed E-state index contributed by atoms with van der Waals surface area (Å²) in [4.78, 5) is 19.3. The highest BCUT2D eigenvalue weighted by Crippen LogP contribution is 2.19. The third-order valence-corrected chi connectivity index (χ3v) is 5.11. The fraction of sp³-hybridized carbons (Fsp3) is 0.938. The average Bonchev–Trinajstić information content (AvgIpc) is 2.53. The number of carbonyl (C=O) groups is 1. The monoisotopic (exact) mass is 296 g/mol. The molecule has 2 N–H and O–H groups in total. The van der Waals surface area contributed by atoms with Crippen LogP contribution in [-0.2, 0) is 4.79 Å². The van der Waals surface area contributed by atoms with Gasteiger partial charge in [-0.15, -0.1) is 0 Å². The summed E-state index contributed by atoms with van der Waals surface area (Å²) in [5.41, 5.74) is 6.00. The van der Waals surface area contributed by atoms with E-state index in [9.17, 15) is 4.79 Å². The lowest BCUT2D eigenvalue weighted by molar-refractivity contribution is -0.133. The molecule has 0 aliphatic carbocycles. The maximum absolute atomic E-state index is 12.4. The van der Waals surface area contributed by atoms with Gasteiger partial charge in [0.25, 0.3) is 0 Å². The van der Waals surface area contributed by atoms with Crippen molar-refractivity contribution < 1.29 is 4.79 Å². The van der Waals surface area contributed by atoms with Gasteiger partial charge in [0.05, 0.1) is 0 Å². The molecular weight excluding hydrogens is 264 g/mol. The highest BCUT2D eigenvalue weighted by Gasteiger charge is 2.26. The Kier molecular flexibility index (Phi) is 6.45. The normalized spacial score (nSPS) is 26.8. The van der Waals surface area contributed by atoms with Gasteiger partial charge in [0.2, 0.25) is 5.91 Å². The van der Waals surface area contributed by atoms with Gasteiger partial charge in [-0.05, 0) is 32.2 Å². The summed E-state index contributed by atoms with van der Waals surface area (Å²) in [6.07, 6.45) is 2.94. The van der Waals surface area contributed by atoms with E-state index in [1.807, 2.05) is 4.90 Å². The summed E-state index contributed by atoms with van der Waals surface area (Å²) < 4.78 is 0. The number of amides is 1. The van der Waals surface area contributed by atoms with Gasteiger partial charge >= 0.3 is 0 Å². The third-order valence-electron chi connectivity index (χ3n) is 5.11. The number of likely N-dealkylation sites (N-methyl/N-ethyl adjacent to an activating group) is 1. The van der Waals surface area contributed by atoms with E-state index in [2.05, 4.69) is 23.6 Å². The predicted octanol–water partition coefficient (Wildman–Crippen LogP) is 0.600. The number of nitrogens with two attached hydrogens (primary N) is 1. The summed E-state index contributed by atoms with van der Waals surface area (Å²) in [6.45, 7) is 12.6. The SMILES string of the molecule is CCN1CCN(CCC(=O)N2CCCC(C(C)N)C2)CC1. The molecule has 0 radical (unpaired) electrons. The van der Waals surface area contributed by atoms with E-state index < -0.39 is 0 Å². The molecule has 1 amide bonds. The summed E-state index contributed by atoms with van der Waals surface area (Å²) in [6, 6.07) is 0.197. The van der Waals surface area contributed by atoms with Crippen molar-refractivity contribution in [2.24, 2.45) is 11.7 Å². The van der Waals surface area contributed by atoms with E-state index in [0.29, 0.717) is 18.2 Å². The molecule has 122 valence electrons. The van der Waals surface area contributed by atoms with Crippen molar-refractivity contribution >= 4 is 5.91 Å². The number of carbonyl (C=O) groups excluding carboxylic acids is 1. The number of hydrogen-bond donors (Lipinski definition) is 1. The molecule has 0 saturated carbocycles. The molecule has 0 aromatic rings. The van der Waals surface area contributed by atoms with Gasteiger partial charge in [-0.3, -0.25) is 4.79 Å². The molecule has 2 fully saturated rings. The van der Waals surface area contributed by atoms with Crippen LogP contribution < -0.4 is 5.73 Å². The molecule has 2 rings (SSSR count). The minimum Gasteiger partial charge on any atom is -0.342 e. The zero-order valence-electron chi connectivity index (χ0n) is 13.8. The lowest BCUT2D eigenvalue weighted by Crippen LogP contribution is -2.48. The zero-order valence-corrected chi connectivity index (χ0v) is 13.8. The molecule has 0 aromatic carbocycles. The Morgan fingerprint density at radius 1 is 1.19 bits per heavy atom. The van der Waals surface area contributed by atoms with Crippen LogP contribution in [0.5, 0.6) is 0 Å². The van der Waals surface area contributed by atoms with Crippen LogP contribution in [0.15, 0.2) is 0 Å². The van der Waals surface area contributed by atoms with E-state index >= 15 is 0 Å². The molecule has 21 heavy (non-hydrogen) atoms. The Morgan fingerprint density at radius 2 is 1.86 bits per heavy atom. The Hall–Kier alpha value is -0.650. The Labute approximate surface area is 129 Å². The van der Waals surface area contributed by atoms with Crippen molar-refractivity contribution in [2.75, 3.05) is 52.4 Å². The number of likely N-dealkylation sites (tertiary alicyclic amines) is 1. The van der Waals surface area contributed by atoms with Crippen LogP contribution >= 0.6 is 0 Å². The number of rotatable bonds is 5. The molecule has 0 bridgehead atoms. The summed E-state index contributed by atoms with van der Waals surface area (Å²) in [5.74, 6) is 0.800. The van der Waals surface area contributed by atoms with E-state index in [-0.39, 0.29) is 6.04 Å². The highest BCUT2D eigenvalue weighted by atomic mass is 16.2. The van der Waals surface area contributed by atoms with Gasteiger partial charge in [0.15, 0.2) is 0 Å². The topological polar surface area (TPSA) is 52.8 Å². The lowest BCUT2D eigenvalue weighted by atomic mass is 9.92. The van der Waals surface area contributed by atoms with Crippen LogP contribution in [0.3, 0.4) is 0 Å². The maximum atomic E-state index is 12.4. The first-order valence-corrected chi connectivity index (χ1v) is 8.58. The Morgan fingerprint density at radius 3 is 2.48 bits per heavy atom. The molecule has 0 aromatic heterocycles. The smallest absolute Gasteiger partial charge is 0.223 e. The zero-order chi connectivity index (χ0) is 15.2. The fourth-order valence-electron chi connectivity index (χ4n) is 3.41. The average molecular weight is 296 g/mol. The van der Waals surface area contributed by atoms with Crippen molar-refractivity contribution in [1.82, 2.24) is 14.7 Å². The fourth-order valence-corrected chi connectivity index (χ4v) is 3.41. The number of hydrogen-bond acceptors (Lipinski definition) is 4. The first kappa shape index (κ1) is 16.7. The Bertz CT molecular complexity index is 326. The van der Waals surface area contributed by atoms with Crippen LogP contribution in [0.25, 0.3) is 0 Å². The molecule has 5 heteroatoms. The van der Waals surface area contributed by atoms with Crippen molar-refractivity contribution in [2.45, 2.75) is 39.2 Å². The van der Waals surface area contributed by atoms with E-state index in [1.165, 1.54) is 6.42 Å². The molecule has 5 nitrogen and oxygen atoms in total. The van der Waals surface area contributed by atoms with Crippen molar-refractivity contribution in [3.63, 3.8) is 0 Å². The number of piperidine rings is 1. The van der Waals surface area contributed by atoms with Crippen molar-refractivity contribution in [3.05, 3.63) is 0 Å². The van der Waals surface area contributed by atoms with Crippen LogP contribution in [-0.4, -0.2) is 79.0 Å². The number of nitrogens with zero attached hydrogens (tertiary/aromatic N) is 3. The summed E-state index contributed by atoms with van der Waals surface area (Å²) in [5, 5.41) is 0. The van der Waals surface area contributed by atoms with E-state index in [1.54, 1.807) is 0 Å². The lowest BCUT2D eigenvalue weighted by Gasteiger charge is -2.36. The first-order valence-electron chi connectivity index (χ1n) is 8.58. The van der Waals surface area contributed by atoms with Crippen LogP contribution in [0.2, 0.25) is 0 Å². The van der Waals surface area contributed by atoms with Crippen LogP contribution in [0, 0.1) is 5.92 Å². The van der Waals surface area contributed by atoms with E-state index in [4.69, 9.17) is 5.73 Å². The minimum absolute atomic E-state index is 0.197. The molecule has 2 aliphatic rings. The number of piperazine rings is 1. The van der Waals surface area contributed by atoms with Gasteiger partial charge in [0, 0.05) is 58.3 Å². The molecule has 2 saturated heterocycles. The largest absolute Gasteiger partial charge is 0.342 e. The molecule has 2 heterocycles. The quantitative estimate of drug-likeness (QED) is 0.807. The highest BCUT2D eigenvalue weighted by molar-refractivity contribution is 5.76. The second kappa shape index (κ2) is 8.11. The molecule has 2 unspecified atom stereocenters. The third kappa shape index (κ3) is 4.94.